The Hall–Kier alpha value is -3.22. The van der Waals surface area contributed by atoms with Gasteiger partial charge in [-0.25, -0.2) is 9.91 Å². The Labute approximate surface area is 156 Å². The Morgan fingerprint density at radius 1 is 1.00 bits per heavy atom. The van der Waals surface area contributed by atoms with Gasteiger partial charge in [0.15, 0.2) is 12.1 Å². The number of imide groups is 1. The van der Waals surface area contributed by atoms with Crippen molar-refractivity contribution in [2.24, 2.45) is 10.3 Å². The maximum atomic E-state index is 13.1. The molecule has 1 aliphatic carbocycles. The van der Waals surface area contributed by atoms with Gasteiger partial charge in [-0.3, -0.25) is 9.59 Å². The number of aryl methyl sites for hydroxylation is 2. The zero-order chi connectivity index (χ0) is 18.5. The highest BCUT2D eigenvalue weighted by Gasteiger charge is 2.55. The number of fused-ring (bicyclic) bond motifs is 2. The van der Waals surface area contributed by atoms with Crippen molar-refractivity contribution in [2.45, 2.75) is 31.3 Å². The van der Waals surface area contributed by atoms with E-state index in [4.69, 9.17) is 4.74 Å². The van der Waals surface area contributed by atoms with E-state index in [0.29, 0.717) is 17.1 Å². The number of hydrogen-bond donors (Lipinski definition) is 0. The first-order chi connectivity index (χ1) is 13.2. The van der Waals surface area contributed by atoms with E-state index >= 15 is 0 Å². The largest absolute Gasteiger partial charge is 0.497 e. The fourth-order valence-electron chi connectivity index (χ4n) is 4.08. The first-order valence-corrected chi connectivity index (χ1v) is 9.01. The van der Waals surface area contributed by atoms with E-state index in [1.165, 1.54) is 21.0 Å². The van der Waals surface area contributed by atoms with Crippen molar-refractivity contribution in [1.29, 1.82) is 0 Å². The zero-order valence-corrected chi connectivity index (χ0v) is 14.8. The summed E-state index contributed by atoms with van der Waals surface area (Å²) < 4.78 is 5.25. The molecule has 2 atom stereocenters. The molecule has 7 nitrogen and oxygen atoms in total. The molecule has 0 N–H and O–H groups in total. The normalized spacial score (nSPS) is 23.1. The standard InChI is InChI=1S/C20H18N4O3/c1-27-16-7-3-6-15(11-16)24-18-17(21-22-24)19(25)23(20(18)26)14-9-8-12-4-2-5-13(12)10-14/h3,6-11,17-18H,2,4-5H2,1H3/t17-,18-/m1/s1. The van der Waals surface area contributed by atoms with Gasteiger partial charge in [0, 0.05) is 6.07 Å². The molecule has 2 heterocycles. The Kier molecular flexibility index (Phi) is 3.50. The van der Waals surface area contributed by atoms with E-state index in [-0.39, 0.29) is 11.8 Å². The summed E-state index contributed by atoms with van der Waals surface area (Å²) >= 11 is 0. The molecule has 0 bridgehead atoms. The number of benzene rings is 2. The summed E-state index contributed by atoms with van der Waals surface area (Å²) in [5.41, 5.74) is 3.82. The van der Waals surface area contributed by atoms with Crippen LogP contribution in [0, 0.1) is 0 Å². The topological polar surface area (TPSA) is 74.6 Å². The lowest BCUT2D eigenvalue weighted by atomic mass is 10.1. The minimum absolute atomic E-state index is 0.296. The number of carbonyl (C=O) groups is 2. The van der Waals surface area contributed by atoms with E-state index in [9.17, 15) is 9.59 Å². The molecular formula is C20H18N4O3. The first kappa shape index (κ1) is 16.0. The molecule has 0 spiro atoms. The van der Waals surface area contributed by atoms with Crippen molar-refractivity contribution in [2.75, 3.05) is 17.0 Å². The van der Waals surface area contributed by atoms with Crippen LogP contribution < -0.4 is 14.6 Å². The van der Waals surface area contributed by atoms with Gasteiger partial charge in [0.05, 0.1) is 18.5 Å². The van der Waals surface area contributed by atoms with Gasteiger partial charge < -0.3 is 4.74 Å². The van der Waals surface area contributed by atoms with Gasteiger partial charge in [0.2, 0.25) is 0 Å². The minimum Gasteiger partial charge on any atom is -0.497 e. The average Bonchev–Trinajstić information content (AvgIpc) is 3.39. The van der Waals surface area contributed by atoms with Crippen LogP contribution in [0.5, 0.6) is 5.75 Å². The number of carbonyl (C=O) groups excluding carboxylic acids is 2. The highest BCUT2D eigenvalue weighted by atomic mass is 16.5. The van der Waals surface area contributed by atoms with Gasteiger partial charge >= 0.3 is 0 Å². The molecule has 1 saturated heterocycles. The zero-order valence-electron chi connectivity index (χ0n) is 14.8. The van der Waals surface area contributed by atoms with Crippen LogP contribution in [0.2, 0.25) is 0 Å². The van der Waals surface area contributed by atoms with Gasteiger partial charge in [0.25, 0.3) is 11.8 Å². The van der Waals surface area contributed by atoms with Crippen LogP contribution in [0.1, 0.15) is 17.5 Å². The van der Waals surface area contributed by atoms with Crippen molar-refractivity contribution >= 4 is 23.2 Å². The van der Waals surface area contributed by atoms with Gasteiger partial charge in [-0.2, -0.15) is 5.11 Å². The molecule has 0 saturated carbocycles. The molecule has 2 aliphatic heterocycles. The molecule has 7 heteroatoms. The summed E-state index contributed by atoms with van der Waals surface area (Å²) in [4.78, 5) is 27.3. The third kappa shape index (κ3) is 2.34. The molecule has 2 aromatic rings. The van der Waals surface area contributed by atoms with Crippen LogP contribution in [0.15, 0.2) is 52.8 Å². The molecule has 0 unspecified atom stereocenters. The number of ether oxygens (including phenoxy) is 1. The minimum atomic E-state index is -0.808. The van der Waals surface area contributed by atoms with Crippen molar-refractivity contribution in [3.8, 4) is 5.75 Å². The summed E-state index contributed by atoms with van der Waals surface area (Å²) in [5.74, 6) is 0.0336. The number of rotatable bonds is 3. The van der Waals surface area contributed by atoms with Crippen LogP contribution in [0.3, 0.4) is 0 Å². The van der Waals surface area contributed by atoms with Gasteiger partial charge in [-0.15, -0.1) is 0 Å². The summed E-state index contributed by atoms with van der Waals surface area (Å²) in [6, 6.07) is 11.5. The number of nitrogens with zero attached hydrogens (tertiary/aromatic N) is 4. The number of hydrogen-bond acceptors (Lipinski definition) is 6. The summed E-state index contributed by atoms with van der Waals surface area (Å²) in [6.07, 6.45) is 3.16. The molecule has 2 amide bonds. The predicted molar refractivity (Wildman–Crippen MR) is 98.9 cm³/mol. The second kappa shape index (κ2) is 5.90. The molecule has 5 rings (SSSR count). The van der Waals surface area contributed by atoms with Crippen LogP contribution in [0.4, 0.5) is 11.4 Å². The Morgan fingerprint density at radius 2 is 1.85 bits per heavy atom. The molecule has 3 aliphatic rings. The smallest absolute Gasteiger partial charge is 0.263 e. The third-order valence-corrected chi connectivity index (χ3v) is 5.44. The maximum Gasteiger partial charge on any atom is 0.263 e. The fraction of sp³-hybridized carbons (Fsp3) is 0.300. The number of amides is 2. The van der Waals surface area contributed by atoms with Gasteiger partial charge in [-0.05, 0) is 54.7 Å². The fourth-order valence-corrected chi connectivity index (χ4v) is 4.08. The van der Waals surface area contributed by atoms with Gasteiger partial charge in [0.1, 0.15) is 5.75 Å². The highest BCUT2D eigenvalue weighted by molar-refractivity contribution is 6.26. The van der Waals surface area contributed by atoms with Crippen LogP contribution in [-0.2, 0) is 22.4 Å². The molecule has 136 valence electrons. The lowest BCUT2D eigenvalue weighted by molar-refractivity contribution is -0.121. The average molecular weight is 362 g/mol. The second-order valence-corrected chi connectivity index (χ2v) is 6.96. The predicted octanol–water partition coefficient (Wildman–Crippen LogP) is 2.68. The Balaban J connectivity index is 1.49. The Bertz CT molecular complexity index is 987. The lowest BCUT2D eigenvalue weighted by Crippen LogP contribution is -2.39. The monoisotopic (exact) mass is 362 g/mol. The quantitative estimate of drug-likeness (QED) is 0.787. The van der Waals surface area contributed by atoms with Crippen molar-refractivity contribution in [1.82, 2.24) is 0 Å². The highest BCUT2D eigenvalue weighted by Crippen LogP contribution is 2.37. The second-order valence-electron chi connectivity index (χ2n) is 6.96. The summed E-state index contributed by atoms with van der Waals surface area (Å²) in [6.45, 7) is 0. The third-order valence-electron chi connectivity index (χ3n) is 5.44. The van der Waals surface area contributed by atoms with E-state index in [2.05, 4.69) is 10.3 Å². The van der Waals surface area contributed by atoms with Crippen molar-refractivity contribution < 1.29 is 14.3 Å². The molecule has 0 radical (unpaired) electrons. The van der Waals surface area contributed by atoms with E-state index in [1.807, 2.05) is 36.4 Å². The molecule has 0 aromatic heterocycles. The SMILES string of the molecule is COc1cccc(N2N=N[C@H]3C(=O)N(c4ccc5c(c4)CCC5)C(=O)[C@@H]32)c1. The lowest BCUT2D eigenvalue weighted by Gasteiger charge is -2.21. The van der Waals surface area contributed by atoms with Gasteiger partial charge in [-0.1, -0.05) is 17.4 Å². The van der Waals surface area contributed by atoms with Crippen molar-refractivity contribution in [3.63, 3.8) is 0 Å². The maximum absolute atomic E-state index is 13.1. The Morgan fingerprint density at radius 3 is 2.70 bits per heavy atom. The van der Waals surface area contributed by atoms with E-state index < -0.39 is 12.1 Å². The van der Waals surface area contributed by atoms with Crippen LogP contribution in [0.25, 0.3) is 0 Å². The molecule has 1 fully saturated rings. The number of anilines is 2. The molecule has 2 aromatic carbocycles. The van der Waals surface area contributed by atoms with Crippen LogP contribution in [-0.4, -0.2) is 31.0 Å². The van der Waals surface area contributed by atoms with Crippen LogP contribution >= 0.6 is 0 Å². The van der Waals surface area contributed by atoms with E-state index in [1.54, 1.807) is 13.2 Å². The summed E-state index contributed by atoms with van der Waals surface area (Å²) in [7, 11) is 1.58. The van der Waals surface area contributed by atoms with Crippen molar-refractivity contribution in [3.05, 3.63) is 53.6 Å². The van der Waals surface area contributed by atoms with E-state index in [0.717, 1.165) is 19.3 Å². The molecular weight excluding hydrogens is 344 g/mol. The summed E-state index contributed by atoms with van der Waals surface area (Å²) in [5, 5.41) is 9.69. The molecule has 27 heavy (non-hydrogen) atoms. The first-order valence-electron chi connectivity index (χ1n) is 9.01. The number of methoxy groups -OCH3 is 1.